The molecule has 0 bridgehead atoms. The van der Waals surface area contributed by atoms with Gasteiger partial charge in [0.05, 0.1) is 25.4 Å². The molecule has 0 heterocycles. The van der Waals surface area contributed by atoms with Crippen LogP contribution in [0.2, 0.25) is 0 Å². The zero-order valence-corrected chi connectivity index (χ0v) is 11.0. The van der Waals surface area contributed by atoms with Crippen molar-refractivity contribution >= 4 is 0 Å². The molecule has 0 aromatic carbocycles. The van der Waals surface area contributed by atoms with Crippen molar-refractivity contribution in [2.45, 2.75) is 77.4 Å². The van der Waals surface area contributed by atoms with E-state index in [9.17, 15) is 0 Å². The molecule has 1 rings (SSSR count). The maximum atomic E-state index is 5.81. The number of hydrogen-bond donors (Lipinski definition) is 0. The van der Waals surface area contributed by atoms with E-state index in [1.54, 1.807) is 0 Å². The summed E-state index contributed by atoms with van der Waals surface area (Å²) >= 11 is 0. The van der Waals surface area contributed by atoms with Gasteiger partial charge < -0.3 is 9.47 Å². The van der Waals surface area contributed by atoms with Gasteiger partial charge in [-0.15, -0.1) is 0 Å². The quantitative estimate of drug-likeness (QED) is 0.586. The van der Waals surface area contributed by atoms with E-state index >= 15 is 0 Å². The van der Waals surface area contributed by atoms with Crippen LogP contribution in [-0.4, -0.2) is 25.4 Å². The SMILES string of the molecule is CCCCC(C)OCCOC1CCCCC1. The van der Waals surface area contributed by atoms with Crippen molar-refractivity contribution in [1.82, 2.24) is 0 Å². The predicted octanol–water partition coefficient (Wildman–Crippen LogP) is 3.93. The van der Waals surface area contributed by atoms with E-state index < -0.39 is 0 Å². The molecule has 1 unspecified atom stereocenters. The average Bonchev–Trinajstić information content (AvgIpc) is 2.33. The first-order valence-corrected chi connectivity index (χ1v) is 7.06. The third-order valence-electron chi connectivity index (χ3n) is 3.36. The highest BCUT2D eigenvalue weighted by atomic mass is 16.5. The Bertz CT molecular complexity index is 153. The summed E-state index contributed by atoms with van der Waals surface area (Å²) in [7, 11) is 0. The Morgan fingerprint density at radius 2 is 1.88 bits per heavy atom. The first kappa shape index (κ1) is 14.0. The number of ether oxygens (including phenoxy) is 2. The second-order valence-electron chi connectivity index (χ2n) is 4.95. The lowest BCUT2D eigenvalue weighted by atomic mass is 9.98. The fourth-order valence-electron chi connectivity index (χ4n) is 2.27. The van der Waals surface area contributed by atoms with Crippen molar-refractivity contribution < 1.29 is 9.47 Å². The molecule has 0 amide bonds. The number of unbranched alkanes of at least 4 members (excludes halogenated alkanes) is 1. The van der Waals surface area contributed by atoms with Gasteiger partial charge in [-0.3, -0.25) is 0 Å². The highest BCUT2D eigenvalue weighted by Crippen LogP contribution is 2.20. The highest BCUT2D eigenvalue weighted by Gasteiger charge is 2.13. The van der Waals surface area contributed by atoms with Crippen LogP contribution in [0.1, 0.15) is 65.2 Å². The van der Waals surface area contributed by atoms with Gasteiger partial charge in [0.1, 0.15) is 0 Å². The molecule has 0 saturated heterocycles. The van der Waals surface area contributed by atoms with Crippen LogP contribution in [0.5, 0.6) is 0 Å². The lowest BCUT2D eigenvalue weighted by Crippen LogP contribution is -2.20. The molecule has 0 aromatic rings. The normalized spacial score (nSPS) is 19.9. The van der Waals surface area contributed by atoms with E-state index in [1.807, 2.05) is 0 Å². The van der Waals surface area contributed by atoms with E-state index in [1.165, 1.54) is 51.4 Å². The molecule has 0 aromatic heterocycles. The summed E-state index contributed by atoms with van der Waals surface area (Å²) in [4.78, 5) is 0. The van der Waals surface area contributed by atoms with E-state index in [0.29, 0.717) is 12.2 Å². The summed E-state index contributed by atoms with van der Waals surface area (Å²) < 4.78 is 11.5. The van der Waals surface area contributed by atoms with Gasteiger partial charge in [0.15, 0.2) is 0 Å². The van der Waals surface area contributed by atoms with Crippen molar-refractivity contribution in [2.75, 3.05) is 13.2 Å². The van der Waals surface area contributed by atoms with E-state index in [0.717, 1.165) is 13.2 Å². The lowest BCUT2D eigenvalue weighted by Gasteiger charge is -2.22. The van der Waals surface area contributed by atoms with Crippen molar-refractivity contribution in [1.29, 1.82) is 0 Å². The second-order valence-corrected chi connectivity index (χ2v) is 4.95. The van der Waals surface area contributed by atoms with E-state index in [2.05, 4.69) is 13.8 Å². The van der Waals surface area contributed by atoms with Crippen LogP contribution in [0.3, 0.4) is 0 Å². The zero-order valence-electron chi connectivity index (χ0n) is 11.0. The van der Waals surface area contributed by atoms with Crippen LogP contribution in [0.4, 0.5) is 0 Å². The Kier molecular flexibility index (Phi) is 7.87. The monoisotopic (exact) mass is 228 g/mol. The zero-order chi connectivity index (χ0) is 11.6. The Labute approximate surface area is 101 Å². The topological polar surface area (TPSA) is 18.5 Å². The highest BCUT2D eigenvalue weighted by molar-refractivity contribution is 4.64. The molecule has 1 saturated carbocycles. The van der Waals surface area contributed by atoms with E-state index in [-0.39, 0.29) is 0 Å². The van der Waals surface area contributed by atoms with Crippen molar-refractivity contribution in [2.24, 2.45) is 0 Å². The molecule has 16 heavy (non-hydrogen) atoms. The van der Waals surface area contributed by atoms with Crippen LogP contribution < -0.4 is 0 Å². The third-order valence-corrected chi connectivity index (χ3v) is 3.36. The Morgan fingerprint density at radius 3 is 2.56 bits per heavy atom. The first-order chi connectivity index (χ1) is 7.83. The van der Waals surface area contributed by atoms with Gasteiger partial charge in [-0.1, -0.05) is 39.0 Å². The fourth-order valence-corrected chi connectivity index (χ4v) is 2.27. The van der Waals surface area contributed by atoms with Gasteiger partial charge in [0.2, 0.25) is 0 Å². The minimum Gasteiger partial charge on any atom is -0.376 e. The maximum absolute atomic E-state index is 5.81. The summed E-state index contributed by atoms with van der Waals surface area (Å²) in [5.74, 6) is 0. The average molecular weight is 228 g/mol. The molecule has 0 spiro atoms. The molecular weight excluding hydrogens is 200 g/mol. The summed E-state index contributed by atoms with van der Waals surface area (Å²) in [6.07, 6.45) is 11.2. The molecule has 1 fully saturated rings. The Balaban J connectivity index is 1.90. The van der Waals surface area contributed by atoms with Crippen molar-refractivity contribution in [3.05, 3.63) is 0 Å². The molecule has 0 N–H and O–H groups in total. The molecule has 0 aliphatic heterocycles. The molecule has 1 atom stereocenters. The summed E-state index contributed by atoms with van der Waals surface area (Å²) in [6, 6.07) is 0. The second kappa shape index (κ2) is 9.00. The number of hydrogen-bond acceptors (Lipinski definition) is 2. The minimum absolute atomic E-state index is 0.398. The van der Waals surface area contributed by atoms with Gasteiger partial charge in [-0.2, -0.15) is 0 Å². The molecule has 1 aliphatic rings. The van der Waals surface area contributed by atoms with Gasteiger partial charge in [0, 0.05) is 0 Å². The molecule has 96 valence electrons. The van der Waals surface area contributed by atoms with Gasteiger partial charge >= 0.3 is 0 Å². The minimum atomic E-state index is 0.398. The Hall–Kier alpha value is -0.0800. The van der Waals surface area contributed by atoms with Crippen LogP contribution in [0, 0.1) is 0 Å². The molecule has 2 nitrogen and oxygen atoms in total. The lowest BCUT2D eigenvalue weighted by molar-refractivity contribution is -0.0296. The van der Waals surface area contributed by atoms with Crippen LogP contribution in [-0.2, 0) is 9.47 Å². The van der Waals surface area contributed by atoms with Crippen LogP contribution in [0.25, 0.3) is 0 Å². The standard InChI is InChI=1S/C14H28O2/c1-3-4-8-13(2)15-11-12-16-14-9-6-5-7-10-14/h13-14H,3-12H2,1-2H3. The Morgan fingerprint density at radius 1 is 1.12 bits per heavy atom. The summed E-state index contributed by atoms with van der Waals surface area (Å²) in [5, 5.41) is 0. The van der Waals surface area contributed by atoms with Gasteiger partial charge in [-0.25, -0.2) is 0 Å². The number of rotatable bonds is 8. The van der Waals surface area contributed by atoms with Crippen LogP contribution in [0.15, 0.2) is 0 Å². The molecule has 2 heteroatoms. The molecule has 0 radical (unpaired) electrons. The predicted molar refractivity (Wildman–Crippen MR) is 67.8 cm³/mol. The van der Waals surface area contributed by atoms with Crippen molar-refractivity contribution in [3.8, 4) is 0 Å². The molecular formula is C14H28O2. The molecule has 1 aliphatic carbocycles. The van der Waals surface area contributed by atoms with Crippen LogP contribution >= 0.6 is 0 Å². The van der Waals surface area contributed by atoms with Gasteiger partial charge in [0.25, 0.3) is 0 Å². The maximum Gasteiger partial charge on any atom is 0.0704 e. The van der Waals surface area contributed by atoms with E-state index in [4.69, 9.17) is 9.47 Å². The van der Waals surface area contributed by atoms with Crippen molar-refractivity contribution in [3.63, 3.8) is 0 Å². The largest absolute Gasteiger partial charge is 0.376 e. The fraction of sp³-hybridized carbons (Fsp3) is 1.00. The summed E-state index contributed by atoms with van der Waals surface area (Å²) in [5.41, 5.74) is 0. The van der Waals surface area contributed by atoms with Gasteiger partial charge in [-0.05, 0) is 26.2 Å². The summed E-state index contributed by atoms with van der Waals surface area (Å²) in [6.45, 7) is 5.93. The first-order valence-electron chi connectivity index (χ1n) is 7.06. The third kappa shape index (κ3) is 6.49. The smallest absolute Gasteiger partial charge is 0.0704 e.